The SMILES string of the molecule is NCc1ccn(-c2cc3c(cc2C(F)(F)F)[nH]c(=O)c(=O)n3NC(=O)C(F)(F)F)c1. The van der Waals surface area contributed by atoms with Crippen LogP contribution >= 0.6 is 0 Å². The molecule has 8 nitrogen and oxygen atoms in total. The fourth-order valence-corrected chi connectivity index (χ4v) is 2.68. The summed E-state index contributed by atoms with van der Waals surface area (Å²) < 4.78 is 79.5. The molecule has 160 valence electrons. The molecule has 0 saturated carbocycles. The maximum absolute atomic E-state index is 13.6. The van der Waals surface area contributed by atoms with Crippen molar-refractivity contribution in [1.29, 1.82) is 0 Å². The van der Waals surface area contributed by atoms with Crippen LogP contribution in [-0.2, 0) is 17.5 Å². The van der Waals surface area contributed by atoms with Crippen LogP contribution in [-0.4, -0.2) is 26.3 Å². The lowest BCUT2D eigenvalue weighted by molar-refractivity contribution is -0.168. The molecule has 0 fully saturated rings. The Morgan fingerprint density at radius 2 is 1.80 bits per heavy atom. The predicted molar refractivity (Wildman–Crippen MR) is 91.5 cm³/mol. The van der Waals surface area contributed by atoms with Crippen LogP contribution in [0.25, 0.3) is 16.7 Å². The summed E-state index contributed by atoms with van der Waals surface area (Å²) in [5.74, 6) is -2.59. The Hall–Kier alpha value is -3.55. The number of amides is 1. The van der Waals surface area contributed by atoms with Crippen molar-refractivity contribution in [2.75, 3.05) is 5.43 Å². The van der Waals surface area contributed by atoms with Gasteiger partial charge >= 0.3 is 29.4 Å². The normalized spacial score (nSPS) is 12.4. The Bertz CT molecular complexity index is 1250. The Labute approximate surface area is 161 Å². The lowest BCUT2D eigenvalue weighted by atomic mass is 10.1. The largest absolute Gasteiger partial charge is 0.472 e. The van der Waals surface area contributed by atoms with Gasteiger partial charge in [0.05, 0.1) is 22.3 Å². The summed E-state index contributed by atoms with van der Waals surface area (Å²) in [4.78, 5) is 36.9. The quantitative estimate of drug-likeness (QED) is 0.428. The van der Waals surface area contributed by atoms with E-state index >= 15 is 0 Å². The minimum absolute atomic E-state index is 0.00159. The minimum Gasteiger partial charge on any atom is -0.326 e. The first-order valence-electron chi connectivity index (χ1n) is 7.98. The molecule has 2 aromatic heterocycles. The zero-order chi connectivity index (χ0) is 22.4. The van der Waals surface area contributed by atoms with Gasteiger partial charge in [-0.05, 0) is 23.8 Å². The first-order valence-corrected chi connectivity index (χ1v) is 7.98. The number of rotatable bonds is 3. The third kappa shape index (κ3) is 3.80. The van der Waals surface area contributed by atoms with Crippen molar-refractivity contribution in [3.8, 4) is 5.69 Å². The molecule has 0 bridgehead atoms. The van der Waals surface area contributed by atoms with Gasteiger partial charge in [-0.2, -0.15) is 26.3 Å². The highest BCUT2D eigenvalue weighted by Gasteiger charge is 2.40. The van der Waals surface area contributed by atoms with E-state index in [-0.39, 0.29) is 11.2 Å². The highest BCUT2D eigenvalue weighted by atomic mass is 19.4. The van der Waals surface area contributed by atoms with Crippen molar-refractivity contribution in [2.24, 2.45) is 5.73 Å². The number of benzene rings is 1. The van der Waals surface area contributed by atoms with Crippen LogP contribution in [0.5, 0.6) is 0 Å². The molecule has 1 amide bonds. The molecule has 30 heavy (non-hydrogen) atoms. The summed E-state index contributed by atoms with van der Waals surface area (Å²) in [5, 5.41) is 0. The van der Waals surface area contributed by atoms with Crippen LogP contribution in [0, 0.1) is 0 Å². The molecule has 0 aliphatic carbocycles. The van der Waals surface area contributed by atoms with E-state index in [0.717, 1.165) is 4.57 Å². The number of aromatic nitrogens is 3. The number of alkyl halides is 6. The van der Waals surface area contributed by atoms with Gasteiger partial charge in [0.25, 0.3) is 0 Å². The molecule has 3 aromatic rings. The molecule has 2 heterocycles. The van der Waals surface area contributed by atoms with Crippen LogP contribution in [0.1, 0.15) is 11.1 Å². The number of H-pyrrole nitrogens is 1. The van der Waals surface area contributed by atoms with Gasteiger partial charge in [-0.3, -0.25) is 19.8 Å². The third-order valence-corrected chi connectivity index (χ3v) is 4.04. The number of carbonyl (C=O) groups excluding carboxylic acids is 1. The smallest absolute Gasteiger partial charge is 0.326 e. The van der Waals surface area contributed by atoms with E-state index in [4.69, 9.17) is 5.73 Å². The third-order valence-electron chi connectivity index (χ3n) is 4.04. The van der Waals surface area contributed by atoms with Crippen molar-refractivity contribution >= 4 is 16.9 Å². The number of fused-ring (bicyclic) bond motifs is 1. The number of nitrogens with two attached hydrogens (primary N) is 1. The first kappa shape index (κ1) is 21.2. The monoisotopic (exact) mass is 435 g/mol. The van der Waals surface area contributed by atoms with E-state index in [1.54, 1.807) is 0 Å². The summed E-state index contributed by atoms with van der Waals surface area (Å²) >= 11 is 0. The molecule has 0 unspecified atom stereocenters. The van der Waals surface area contributed by atoms with Crippen LogP contribution < -0.4 is 22.3 Å². The molecule has 14 heteroatoms. The van der Waals surface area contributed by atoms with Crippen LogP contribution in [0.4, 0.5) is 26.3 Å². The van der Waals surface area contributed by atoms with Gasteiger partial charge in [0, 0.05) is 18.9 Å². The van der Waals surface area contributed by atoms with E-state index in [2.05, 4.69) is 0 Å². The van der Waals surface area contributed by atoms with Gasteiger partial charge in [-0.15, -0.1) is 0 Å². The maximum Gasteiger partial charge on any atom is 0.472 e. The molecule has 0 saturated heterocycles. The molecule has 0 spiro atoms. The molecule has 0 radical (unpaired) electrons. The van der Waals surface area contributed by atoms with Gasteiger partial charge in [-0.1, -0.05) is 0 Å². The zero-order valence-corrected chi connectivity index (χ0v) is 14.6. The van der Waals surface area contributed by atoms with Crippen LogP contribution in [0.2, 0.25) is 0 Å². The second kappa shape index (κ2) is 7.05. The van der Waals surface area contributed by atoms with Crippen molar-refractivity contribution in [3.05, 3.63) is 62.4 Å². The second-order valence-electron chi connectivity index (χ2n) is 6.05. The Morgan fingerprint density at radius 3 is 2.33 bits per heavy atom. The summed E-state index contributed by atoms with van der Waals surface area (Å²) in [6.45, 7) is 0.00159. The van der Waals surface area contributed by atoms with E-state index in [1.165, 1.54) is 23.9 Å². The van der Waals surface area contributed by atoms with Crippen molar-refractivity contribution < 1.29 is 31.1 Å². The van der Waals surface area contributed by atoms with E-state index in [1.807, 2.05) is 4.98 Å². The number of carbonyl (C=O) groups is 1. The second-order valence-corrected chi connectivity index (χ2v) is 6.05. The molecular weight excluding hydrogens is 424 g/mol. The molecule has 1 aromatic carbocycles. The summed E-state index contributed by atoms with van der Waals surface area (Å²) in [5.41, 5.74) is 0.890. The Morgan fingerprint density at radius 1 is 1.13 bits per heavy atom. The summed E-state index contributed by atoms with van der Waals surface area (Å²) in [7, 11) is 0. The molecule has 0 aliphatic heterocycles. The Kier molecular flexibility index (Phi) is 4.97. The molecule has 0 atom stereocenters. The maximum atomic E-state index is 13.6. The highest BCUT2D eigenvalue weighted by Crippen LogP contribution is 2.36. The molecular formula is C16H11F6N5O3. The van der Waals surface area contributed by atoms with E-state index in [9.17, 15) is 40.7 Å². The first-order chi connectivity index (χ1) is 13.8. The summed E-state index contributed by atoms with van der Waals surface area (Å²) in [6, 6.07) is 2.58. The zero-order valence-electron chi connectivity index (χ0n) is 14.6. The number of hydrogen-bond donors (Lipinski definition) is 3. The number of halogens is 6. The highest BCUT2D eigenvalue weighted by molar-refractivity contribution is 5.90. The minimum atomic E-state index is -5.42. The number of nitrogens with zero attached hydrogens (tertiary/aromatic N) is 2. The fourth-order valence-electron chi connectivity index (χ4n) is 2.68. The van der Waals surface area contributed by atoms with Crippen LogP contribution in [0.3, 0.4) is 0 Å². The predicted octanol–water partition coefficient (Wildman–Crippen LogP) is 1.59. The number of hydrogen-bond acceptors (Lipinski definition) is 4. The molecule has 3 rings (SSSR count). The van der Waals surface area contributed by atoms with Gasteiger partial charge < -0.3 is 15.3 Å². The lowest BCUT2D eigenvalue weighted by Crippen LogP contribution is -2.46. The topological polar surface area (TPSA) is 115 Å². The molecule has 0 aliphatic rings. The number of aromatic amines is 1. The van der Waals surface area contributed by atoms with E-state index in [0.29, 0.717) is 17.7 Å². The lowest BCUT2D eigenvalue weighted by Gasteiger charge is -2.18. The van der Waals surface area contributed by atoms with Crippen LogP contribution in [0.15, 0.2) is 40.2 Å². The van der Waals surface area contributed by atoms with Gasteiger partial charge in [-0.25, -0.2) is 4.68 Å². The molecule has 4 N–H and O–H groups in total. The Balaban J connectivity index is 2.36. The summed E-state index contributed by atoms with van der Waals surface area (Å²) in [6.07, 6.45) is -7.87. The van der Waals surface area contributed by atoms with Crippen molar-refractivity contribution in [1.82, 2.24) is 14.2 Å². The van der Waals surface area contributed by atoms with Crippen molar-refractivity contribution in [3.63, 3.8) is 0 Å². The average Bonchev–Trinajstić information content (AvgIpc) is 3.12. The fraction of sp³-hybridized carbons (Fsp3) is 0.188. The van der Waals surface area contributed by atoms with E-state index < -0.39 is 51.7 Å². The standard InChI is InChI=1S/C16H11F6N5O3/c17-15(18,19)8-3-9-11(4-10(8)26-2-1-7(5-23)6-26)27(13(29)12(28)24-9)25-14(30)16(20,21)22/h1-4,6H,5,23H2,(H,24,28)(H,25,30). The van der Waals surface area contributed by atoms with Gasteiger partial charge in [0.15, 0.2) is 0 Å². The van der Waals surface area contributed by atoms with Gasteiger partial charge in [0.1, 0.15) is 0 Å². The van der Waals surface area contributed by atoms with Crippen molar-refractivity contribution in [2.45, 2.75) is 18.9 Å². The van der Waals surface area contributed by atoms with Gasteiger partial charge in [0.2, 0.25) is 0 Å². The number of nitrogens with one attached hydrogen (secondary N) is 2. The average molecular weight is 435 g/mol.